The third-order valence-corrected chi connectivity index (χ3v) is 5.64. The number of benzene rings is 1. The normalized spacial score (nSPS) is 16.9. The summed E-state index contributed by atoms with van der Waals surface area (Å²) in [6, 6.07) is 4.04. The molecule has 2 aliphatic rings. The van der Waals surface area contributed by atoms with Crippen LogP contribution in [0, 0.1) is 5.41 Å². The van der Waals surface area contributed by atoms with Crippen molar-refractivity contribution >= 4 is 29.6 Å². The van der Waals surface area contributed by atoms with E-state index in [-0.39, 0.29) is 43.5 Å². The van der Waals surface area contributed by atoms with Crippen molar-refractivity contribution in [2.45, 2.75) is 38.1 Å². The van der Waals surface area contributed by atoms with E-state index in [2.05, 4.69) is 0 Å². The monoisotopic (exact) mass is 532 g/mol. The Balaban J connectivity index is 0.000000604. The molecule has 37 heavy (non-hydrogen) atoms. The number of carbonyl (C=O) groups excluding carboxylic acids is 2. The molecule has 0 aliphatic carbocycles. The van der Waals surface area contributed by atoms with E-state index in [9.17, 15) is 27.6 Å². The zero-order valence-corrected chi connectivity index (χ0v) is 19.8. The number of nitrogen functional groups attached to an aromatic ring is 1. The van der Waals surface area contributed by atoms with E-state index in [1.165, 1.54) is 4.90 Å². The lowest BCUT2D eigenvalue weighted by atomic mass is 10.1. The highest BCUT2D eigenvalue weighted by Gasteiger charge is 2.38. The minimum absolute atomic E-state index is 0.116. The molecule has 0 unspecified atom stereocenters. The number of rotatable bonds is 6. The maximum Gasteiger partial charge on any atom is 0.490 e. The van der Waals surface area contributed by atoms with Crippen LogP contribution in [-0.4, -0.2) is 101 Å². The van der Waals surface area contributed by atoms with Gasteiger partial charge in [0.15, 0.2) is 0 Å². The molecule has 1 aromatic carbocycles. The molecule has 2 amide bonds. The van der Waals surface area contributed by atoms with Crippen molar-refractivity contribution < 1.29 is 52.0 Å². The Morgan fingerprint density at radius 3 is 2.32 bits per heavy atom. The highest BCUT2D eigenvalue weighted by atomic mass is 19.4. The van der Waals surface area contributed by atoms with E-state index < -0.39 is 24.2 Å². The molecule has 1 saturated heterocycles. The van der Waals surface area contributed by atoms with Crippen molar-refractivity contribution in [1.82, 2.24) is 9.80 Å². The molecule has 2 heterocycles. The number of carboxylic acids is 2. The highest BCUT2D eigenvalue weighted by Crippen LogP contribution is 2.26. The minimum atomic E-state index is -5.08. The molecular weight excluding hydrogens is 505 g/mol. The number of aliphatic carboxylic acids is 2. The van der Waals surface area contributed by atoms with Gasteiger partial charge in [0, 0.05) is 18.7 Å². The third-order valence-electron chi connectivity index (χ3n) is 5.64. The summed E-state index contributed by atoms with van der Waals surface area (Å²) in [4.78, 5) is 48.8. The lowest BCUT2D eigenvalue weighted by Gasteiger charge is -2.36. The average Bonchev–Trinajstić information content (AvgIpc) is 3.00. The number of nitrogens with one attached hydrogen (secondary N) is 1. The van der Waals surface area contributed by atoms with Crippen LogP contribution >= 0.6 is 0 Å². The number of halogens is 3. The molecule has 0 saturated carbocycles. The van der Waals surface area contributed by atoms with Crippen LogP contribution in [0.15, 0.2) is 18.2 Å². The van der Waals surface area contributed by atoms with E-state index in [1.54, 1.807) is 30.0 Å². The van der Waals surface area contributed by atoms with Crippen molar-refractivity contribution in [3.63, 3.8) is 0 Å². The van der Waals surface area contributed by atoms with Crippen LogP contribution in [0.5, 0.6) is 5.75 Å². The Hall–Kier alpha value is -3.88. The van der Waals surface area contributed by atoms with Gasteiger partial charge in [-0.2, -0.15) is 13.2 Å². The molecule has 2 aliphatic heterocycles. The lowest BCUT2D eigenvalue weighted by Crippen LogP contribution is -2.52. The minimum Gasteiger partial charge on any atom is -0.491 e. The van der Waals surface area contributed by atoms with Gasteiger partial charge in [0.05, 0.1) is 18.2 Å². The number of hydrogen-bond donors (Lipinski definition) is 4. The topological polar surface area (TPSA) is 184 Å². The fraction of sp³-hybridized carbons (Fsp3) is 0.500. The fourth-order valence-electron chi connectivity index (χ4n) is 3.70. The number of nitrogens with zero attached hydrogens (tertiary/aromatic N) is 2. The van der Waals surface area contributed by atoms with Crippen molar-refractivity contribution in [3.05, 3.63) is 29.3 Å². The summed E-state index contributed by atoms with van der Waals surface area (Å²) < 4.78 is 42.7. The fourth-order valence-corrected chi connectivity index (χ4v) is 3.70. The molecule has 5 N–H and O–H groups in total. The Kier molecular flexibility index (Phi) is 9.82. The van der Waals surface area contributed by atoms with Crippen LogP contribution in [-0.2, 0) is 19.1 Å². The van der Waals surface area contributed by atoms with Gasteiger partial charge in [0.2, 0.25) is 5.91 Å². The number of alkyl halides is 3. The predicted molar refractivity (Wildman–Crippen MR) is 120 cm³/mol. The number of amides is 2. The maximum atomic E-state index is 13.1. The average molecular weight is 532 g/mol. The van der Waals surface area contributed by atoms with Crippen LogP contribution in [0.2, 0.25) is 0 Å². The molecule has 0 aromatic heterocycles. The van der Waals surface area contributed by atoms with E-state index >= 15 is 0 Å². The Bertz CT molecular complexity index is 1040. The smallest absolute Gasteiger partial charge is 0.490 e. The molecule has 12 nitrogen and oxygen atoms in total. The second-order valence-electron chi connectivity index (χ2n) is 8.18. The molecule has 1 atom stereocenters. The molecule has 1 aromatic rings. The number of ether oxygens (including phenoxy) is 2. The Morgan fingerprint density at radius 1 is 1.22 bits per heavy atom. The molecule has 204 valence electrons. The van der Waals surface area contributed by atoms with Gasteiger partial charge in [0.1, 0.15) is 30.8 Å². The van der Waals surface area contributed by atoms with Crippen LogP contribution in [0.25, 0.3) is 0 Å². The molecule has 3 rings (SSSR count). The van der Waals surface area contributed by atoms with E-state index in [0.717, 1.165) is 0 Å². The van der Waals surface area contributed by atoms with Crippen molar-refractivity contribution in [2.24, 2.45) is 5.73 Å². The van der Waals surface area contributed by atoms with Crippen molar-refractivity contribution in [1.29, 1.82) is 5.41 Å². The Morgan fingerprint density at radius 2 is 1.81 bits per heavy atom. The van der Waals surface area contributed by atoms with Gasteiger partial charge in [-0.05, 0) is 31.9 Å². The summed E-state index contributed by atoms with van der Waals surface area (Å²) in [6.07, 6.45) is -4.16. The summed E-state index contributed by atoms with van der Waals surface area (Å²) >= 11 is 0. The van der Waals surface area contributed by atoms with Gasteiger partial charge < -0.3 is 35.2 Å². The van der Waals surface area contributed by atoms with Gasteiger partial charge in [0.25, 0.3) is 5.91 Å². The standard InChI is InChI=1S/C20H26N4O6.C2HF3O2/c1-12(19(27)23-6-4-14(5-7-23)30-11-17(25)26)24-8-9-29-16-10-13(18(21)22)2-3-15(16)20(24)28;3-2(4,5)1(6)7/h2-3,10,12,14H,4-9,11H2,1H3,(H3,21,22)(H,25,26);(H,6,7)/t12-;/m0./s1. The van der Waals surface area contributed by atoms with Crippen LogP contribution in [0.4, 0.5) is 13.2 Å². The number of nitrogens with two attached hydrogens (primary N) is 1. The third kappa shape index (κ3) is 8.06. The molecule has 0 spiro atoms. The molecule has 15 heteroatoms. The lowest BCUT2D eigenvalue weighted by molar-refractivity contribution is -0.192. The zero-order chi connectivity index (χ0) is 27.9. The predicted octanol–water partition coefficient (Wildman–Crippen LogP) is 0.919. The first-order valence-corrected chi connectivity index (χ1v) is 11.1. The first-order valence-electron chi connectivity index (χ1n) is 11.1. The van der Waals surface area contributed by atoms with Gasteiger partial charge in [-0.15, -0.1) is 0 Å². The van der Waals surface area contributed by atoms with Gasteiger partial charge in [-0.3, -0.25) is 15.0 Å². The van der Waals surface area contributed by atoms with Gasteiger partial charge >= 0.3 is 18.1 Å². The van der Waals surface area contributed by atoms with Crippen molar-refractivity contribution in [3.8, 4) is 5.75 Å². The van der Waals surface area contributed by atoms with Crippen LogP contribution in [0.3, 0.4) is 0 Å². The SMILES string of the molecule is C[C@@H](C(=O)N1CCC(OCC(=O)O)CC1)N1CCOc2cc(C(=N)N)ccc2C1=O.O=C(O)C(F)(F)F. The molecule has 0 radical (unpaired) electrons. The van der Waals surface area contributed by atoms with E-state index in [4.69, 9.17) is 35.6 Å². The maximum absolute atomic E-state index is 13.1. The highest BCUT2D eigenvalue weighted by molar-refractivity contribution is 6.02. The Labute approximate surface area is 209 Å². The number of amidine groups is 1. The molecule has 0 bridgehead atoms. The second kappa shape index (κ2) is 12.4. The quantitative estimate of drug-likeness (QED) is 0.306. The van der Waals surface area contributed by atoms with E-state index in [1.807, 2.05) is 0 Å². The first kappa shape index (κ1) is 29.4. The number of fused-ring (bicyclic) bond motifs is 1. The van der Waals surface area contributed by atoms with Crippen LogP contribution in [0.1, 0.15) is 35.7 Å². The summed E-state index contributed by atoms with van der Waals surface area (Å²) in [5.74, 6) is -4.00. The number of carboxylic acid groups (broad SMARTS) is 2. The number of piperidine rings is 1. The summed E-state index contributed by atoms with van der Waals surface area (Å²) in [5, 5.41) is 23.4. The first-order chi connectivity index (χ1) is 17.2. The summed E-state index contributed by atoms with van der Waals surface area (Å²) in [5.41, 5.74) is 6.30. The zero-order valence-electron chi connectivity index (χ0n) is 19.8. The van der Waals surface area contributed by atoms with Gasteiger partial charge in [-0.25, -0.2) is 9.59 Å². The van der Waals surface area contributed by atoms with Gasteiger partial charge in [-0.1, -0.05) is 6.07 Å². The second-order valence-corrected chi connectivity index (χ2v) is 8.18. The van der Waals surface area contributed by atoms with Crippen molar-refractivity contribution in [2.75, 3.05) is 32.8 Å². The number of hydrogen-bond acceptors (Lipinski definition) is 7. The summed E-state index contributed by atoms with van der Waals surface area (Å²) in [7, 11) is 0. The molecular formula is C22H27F3N4O8. The largest absolute Gasteiger partial charge is 0.491 e. The van der Waals surface area contributed by atoms with E-state index in [0.29, 0.717) is 42.8 Å². The summed E-state index contributed by atoms with van der Waals surface area (Å²) in [6.45, 7) is 2.73. The number of likely N-dealkylation sites (tertiary alicyclic amines) is 1. The number of carbonyl (C=O) groups is 4. The molecule has 1 fully saturated rings. The van der Waals surface area contributed by atoms with Crippen LogP contribution < -0.4 is 10.5 Å².